The van der Waals surface area contributed by atoms with E-state index in [-0.39, 0.29) is 34.8 Å². The fourth-order valence-corrected chi connectivity index (χ4v) is 19.0. The van der Waals surface area contributed by atoms with Crippen LogP contribution < -0.4 is 24.5 Å². The number of alkyl halides is 3. The molecule has 13 aromatic rings. The summed E-state index contributed by atoms with van der Waals surface area (Å²) >= 11 is 16.3. The topological polar surface area (TPSA) is 127 Å². The summed E-state index contributed by atoms with van der Waals surface area (Å²) in [6.07, 6.45) is 7.68. The lowest BCUT2D eigenvalue weighted by atomic mass is 9.91. The third-order valence-corrected chi connectivity index (χ3v) is 25.4. The first kappa shape index (κ1) is 96.7. The van der Waals surface area contributed by atoms with Gasteiger partial charge in [0.1, 0.15) is 68.5 Å². The highest BCUT2D eigenvalue weighted by Crippen LogP contribution is 2.56. The summed E-state index contributed by atoms with van der Waals surface area (Å²) in [4.78, 5) is 30.6. The minimum atomic E-state index is -5.92. The number of sulfonamides is 2. The fraction of sp³-hybridized carbons (Fsp3) is 0.143. The van der Waals surface area contributed by atoms with Gasteiger partial charge in [-0.3, -0.25) is 4.79 Å². The van der Waals surface area contributed by atoms with Gasteiger partial charge in [0.2, 0.25) is 17.1 Å². The molecule has 0 fully saturated rings. The normalized spacial score (nSPS) is 11.7. The lowest BCUT2D eigenvalue weighted by Gasteiger charge is -2.25. The SMILES string of the molecule is CCN(c1ccc(C(=O)c2ccc(N(CC)c3c(F)cccc3F)cc2)cc1)c1c(F)cccc1F.CS(=O)(=O)[N-]S(=O)(=O)C(F)(F)F.[C-]#[N+]c1c(-c2ccccc2Cl)csc1N(CC)c1ccccc1.[C-]#[N+]c1c(N(CC)c2ccccc2)sc(C(=C2C=CC(=[N+](CC)c3c(F)cccc3F)C=C2)c2ccc(N(CC)c3c(F)cccc3F)cc2)c1-c1ccccc1Cl. The maximum atomic E-state index is 15.1. The van der Waals surface area contributed by atoms with E-state index in [9.17, 15) is 52.4 Å². The largest absolute Gasteiger partial charge is 0.480 e. The van der Waals surface area contributed by atoms with Gasteiger partial charge in [-0.05, 0) is 227 Å². The van der Waals surface area contributed by atoms with Crippen molar-refractivity contribution in [1.82, 2.24) is 0 Å². The number of nitrogens with zero attached hydrogens (tertiary/aromatic N) is 9. The van der Waals surface area contributed by atoms with Crippen LogP contribution in [0.4, 0.5) is 121 Å². The third-order valence-electron chi connectivity index (χ3n) is 20.1. The zero-order chi connectivity index (χ0) is 93.2. The number of carbonyl (C=O) groups excluding carboxylic acids is 1. The number of thiophene rings is 2. The van der Waals surface area contributed by atoms with Crippen molar-refractivity contribution in [2.75, 3.05) is 70.0 Å². The molecule has 0 radical (unpaired) electrons. The summed E-state index contributed by atoms with van der Waals surface area (Å²) in [5, 5.41) is 4.86. The molecule has 31 heteroatoms. The van der Waals surface area contributed by atoms with Crippen LogP contribution >= 0.6 is 45.9 Å². The van der Waals surface area contributed by atoms with Crippen LogP contribution in [0.2, 0.25) is 10.0 Å². The number of allylic oxidation sites excluding steroid dienone is 5. The Hall–Kier alpha value is -13.0. The van der Waals surface area contributed by atoms with E-state index in [2.05, 4.69) is 38.5 Å². The van der Waals surface area contributed by atoms with Gasteiger partial charge in [-0.1, -0.05) is 132 Å². The predicted octanol–water partition coefficient (Wildman–Crippen LogP) is 29.0. The van der Waals surface area contributed by atoms with E-state index >= 15 is 17.6 Å². The number of benzene rings is 11. The second-order valence-corrected chi connectivity index (χ2v) is 34.1. The van der Waals surface area contributed by atoms with E-state index in [1.807, 2.05) is 166 Å². The average Bonchev–Trinajstić information content (AvgIpc) is 1.59. The number of anilines is 10. The Balaban J connectivity index is 0.000000191. The van der Waals surface area contributed by atoms with E-state index in [1.165, 1.54) is 93.9 Å². The lowest BCUT2D eigenvalue weighted by Crippen LogP contribution is -2.23. The molecular weight excluding hydrogens is 1790 g/mol. The number of ketones is 1. The molecule has 0 aliphatic heterocycles. The van der Waals surface area contributed by atoms with Crippen LogP contribution in [-0.4, -0.2) is 83.9 Å². The summed E-state index contributed by atoms with van der Waals surface area (Å²) < 4.78 is 195. The first-order chi connectivity index (χ1) is 61.8. The standard InChI is InChI=1S/C48H38ClF4N4S.C29H24F4N2O.C19H15ClN2S.C2H3F3NO4S2/c1-5-55(45-38(50)19-13-20-39(45)51)34-27-23-31(24-28-34)42(32-25-29-35(30-26-32)56(6-2)46-40(52)21-14-22-41(46)53)47-43(36-17-11-12-18-37(36)49)44(54-4)48(58-47)57(7-3)33-15-9-8-10-16-33;1-3-34(27-23(30)7-5-8-24(27)31)21-15-11-19(12-16-21)29(36)20-13-17-22(18-14-20)35(4-2)28-25(32)9-6-10-26(28)33;1-3-22(14-9-5-4-6-10-14)19-18(21-2)16(13-23-19)15-11-7-8-12-17(15)20;1-11(7,8)6-12(9,10)2(3,4)5/h8-30H,5-7H2,1-3H3;5-18H,3-4H2,1-2H3;4-13H,3H2,1H3;1H3/q+1;;;-1. The van der Waals surface area contributed by atoms with Crippen molar-refractivity contribution >= 4 is 156 Å². The maximum absolute atomic E-state index is 15.1. The van der Waals surface area contributed by atoms with Gasteiger partial charge in [0.05, 0.1) is 23.2 Å². The Kier molecular flexibility index (Phi) is 32.4. The summed E-state index contributed by atoms with van der Waals surface area (Å²) in [6, 6.07) is 70.5. The number of para-hydroxylation sites is 6. The molecule has 662 valence electrons. The molecule has 0 N–H and O–H groups in total. The Morgan fingerprint density at radius 3 is 1.12 bits per heavy atom. The smallest absolute Gasteiger partial charge is 0.429 e. The first-order valence-electron chi connectivity index (χ1n) is 39.9. The lowest BCUT2D eigenvalue weighted by molar-refractivity contribution is -0.439. The molecule has 129 heavy (non-hydrogen) atoms. The van der Waals surface area contributed by atoms with E-state index in [0.29, 0.717) is 99.2 Å². The van der Waals surface area contributed by atoms with Crippen molar-refractivity contribution in [2.24, 2.45) is 0 Å². The molecular formula is C98H80Cl2F11N9O5S4. The number of hydrogen-bond acceptors (Lipinski definition) is 12. The number of carbonyl (C=O) groups is 1. The first-order valence-corrected chi connectivity index (χ1v) is 45.6. The number of hydrogen-bond donors (Lipinski definition) is 0. The van der Waals surface area contributed by atoms with E-state index in [0.717, 1.165) is 60.6 Å². The molecule has 11 aromatic carbocycles. The third kappa shape index (κ3) is 22.2. The van der Waals surface area contributed by atoms with Crippen molar-refractivity contribution in [3.63, 3.8) is 0 Å². The zero-order valence-electron chi connectivity index (χ0n) is 70.0. The number of halogens is 13. The van der Waals surface area contributed by atoms with Crippen LogP contribution in [0.1, 0.15) is 67.9 Å². The highest BCUT2D eigenvalue weighted by molar-refractivity contribution is 8.12. The highest BCUT2D eigenvalue weighted by Gasteiger charge is 2.40. The Bertz CT molecular complexity index is 6490. The van der Waals surface area contributed by atoms with Gasteiger partial charge in [-0.25, -0.2) is 52.9 Å². The molecule has 2 aromatic heterocycles. The average molecular weight is 1870 g/mol. The zero-order valence-corrected chi connectivity index (χ0v) is 74.8. The molecule has 1 aliphatic carbocycles. The van der Waals surface area contributed by atoms with Crippen molar-refractivity contribution in [1.29, 1.82) is 0 Å². The maximum Gasteiger partial charge on any atom is 0.480 e. The second kappa shape index (κ2) is 43.2. The predicted molar refractivity (Wildman–Crippen MR) is 499 cm³/mol. The van der Waals surface area contributed by atoms with Gasteiger partial charge in [-0.2, -0.15) is 26.5 Å². The molecule has 0 saturated heterocycles. The van der Waals surface area contributed by atoms with Crippen LogP contribution in [0.5, 0.6) is 0 Å². The molecule has 0 unspecified atom stereocenters. The molecule has 2 heterocycles. The molecule has 1 aliphatic rings. The van der Waals surface area contributed by atoms with Gasteiger partial charge < -0.3 is 28.6 Å². The minimum Gasteiger partial charge on any atom is -0.429 e. The van der Waals surface area contributed by atoms with Gasteiger partial charge in [0.25, 0.3) is 5.69 Å². The van der Waals surface area contributed by atoms with Crippen molar-refractivity contribution in [3.05, 3.63) is 395 Å². The molecule has 0 spiro atoms. The van der Waals surface area contributed by atoms with Gasteiger partial charge >= 0.3 is 5.51 Å². The molecule has 0 atom stereocenters. The van der Waals surface area contributed by atoms with Crippen LogP contribution in [0, 0.1) is 59.7 Å². The highest BCUT2D eigenvalue weighted by atomic mass is 35.5. The Labute approximate surface area is 759 Å². The molecule has 0 bridgehead atoms. The number of rotatable bonds is 25. The van der Waals surface area contributed by atoms with Crippen LogP contribution in [0.15, 0.2) is 290 Å². The second-order valence-electron chi connectivity index (χ2n) is 28.0. The monoisotopic (exact) mass is 1870 g/mol. The van der Waals surface area contributed by atoms with Gasteiger partial charge in [0.15, 0.2) is 27.4 Å². The van der Waals surface area contributed by atoms with Crippen molar-refractivity contribution in [3.8, 4) is 22.3 Å². The summed E-state index contributed by atoms with van der Waals surface area (Å²) in [5.41, 5.74) is 5.30. The summed E-state index contributed by atoms with van der Waals surface area (Å²) in [5.74, 6) is -5.63. The van der Waals surface area contributed by atoms with E-state index < -0.39 is 72.1 Å². The molecule has 0 amide bonds. The summed E-state index contributed by atoms with van der Waals surface area (Å²) in [6.45, 7) is 30.2. The van der Waals surface area contributed by atoms with Crippen LogP contribution in [-0.2, 0) is 20.0 Å². The minimum absolute atomic E-state index is 0.143. The van der Waals surface area contributed by atoms with Crippen LogP contribution in [0.25, 0.3) is 41.6 Å². The van der Waals surface area contributed by atoms with Crippen LogP contribution in [0.3, 0.4) is 0 Å². The van der Waals surface area contributed by atoms with Crippen molar-refractivity contribution < 1.29 is 74.5 Å². The summed E-state index contributed by atoms with van der Waals surface area (Å²) in [7, 11) is -10.5. The fourth-order valence-electron chi connectivity index (χ4n) is 14.3. The van der Waals surface area contributed by atoms with Gasteiger partial charge in [0, 0.05) is 122 Å². The quantitative estimate of drug-likeness (QED) is 0.0236. The Morgan fingerprint density at radius 2 is 0.767 bits per heavy atom. The Morgan fingerprint density at radius 1 is 0.419 bits per heavy atom. The van der Waals surface area contributed by atoms with E-state index in [4.69, 9.17) is 36.3 Å². The van der Waals surface area contributed by atoms with Crippen molar-refractivity contribution in [2.45, 2.75) is 47.1 Å². The van der Waals surface area contributed by atoms with E-state index in [1.54, 1.807) is 93.4 Å². The molecule has 14 nitrogen and oxygen atoms in total. The molecule has 14 rings (SSSR count). The van der Waals surface area contributed by atoms with Gasteiger partial charge in [-0.15, -0.1) is 22.7 Å². The molecule has 0 saturated carbocycles.